The second-order valence-corrected chi connectivity index (χ2v) is 6.23. The van der Waals surface area contributed by atoms with Crippen molar-refractivity contribution in [1.29, 1.82) is 0 Å². The predicted octanol–water partition coefficient (Wildman–Crippen LogP) is 3.03. The highest BCUT2D eigenvalue weighted by Crippen LogP contribution is 2.31. The molecule has 1 aliphatic rings. The summed E-state index contributed by atoms with van der Waals surface area (Å²) < 4.78 is 1.07. The molecule has 1 aromatic rings. The van der Waals surface area contributed by atoms with E-state index < -0.39 is 6.10 Å². The van der Waals surface area contributed by atoms with Crippen LogP contribution in [0.4, 0.5) is 5.69 Å². The summed E-state index contributed by atoms with van der Waals surface area (Å²) in [5.74, 6) is 0. The molecule has 0 aliphatic carbocycles. The van der Waals surface area contributed by atoms with Gasteiger partial charge < -0.3 is 10.0 Å². The Morgan fingerprint density at radius 1 is 1.42 bits per heavy atom. The molecule has 1 aliphatic heterocycles. The lowest BCUT2D eigenvalue weighted by Crippen LogP contribution is -2.51. The van der Waals surface area contributed by atoms with Crippen molar-refractivity contribution < 1.29 is 5.11 Å². The summed E-state index contributed by atoms with van der Waals surface area (Å²) in [6.07, 6.45) is 0.761. The standard InChI is InChI=1S/C15H23BrN2O/c1-4-13-10-18(8-7-17(13)3)15-6-5-12(11(2)19)9-14(15)16/h5-6,9,11,13,19H,4,7-8,10H2,1-3H3/t11-,13?/m1/s1. The Hall–Kier alpha value is -0.580. The van der Waals surface area contributed by atoms with Crippen LogP contribution >= 0.6 is 15.9 Å². The van der Waals surface area contributed by atoms with Crippen LogP contribution < -0.4 is 4.90 Å². The van der Waals surface area contributed by atoms with Crippen LogP contribution in [0.5, 0.6) is 0 Å². The zero-order chi connectivity index (χ0) is 14.0. The fourth-order valence-corrected chi connectivity index (χ4v) is 3.29. The Morgan fingerprint density at radius 3 is 2.74 bits per heavy atom. The van der Waals surface area contributed by atoms with Crippen molar-refractivity contribution in [2.24, 2.45) is 0 Å². The number of hydrogen-bond acceptors (Lipinski definition) is 3. The SMILES string of the molecule is CCC1CN(c2ccc([C@@H](C)O)cc2Br)CCN1C. The second-order valence-electron chi connectivity index (χ2n) is 5.38. The van der Waals surface area contributed by atoms with Gasteiger partial charge in [0.15, 0.2) is 0 Å². The Kier molecular flexibility index (Phi) is 4.87. The van der Waals surface area contributed by atoms with E-state index >= 15 is 0 Å². The molecule has 0 amide bonds. The van der Waals surface area contributed by atoms with Gasteiger partial charge in [-0.05, 0) is 54.0 Å². The van der Waals surface area contributed by atoms with Crippen molar-refractivity contribution in [1.82, 2.24) is 4.90 Å². The zero-order valence-corrected chi connectivity index (χ0v) is 13.5. The highest BCUT2D eigenvalue weighted by atomic mass is 79.9. The number of rotatable bonds is 3. The fourth-order valence-electron chi connectivity index (χ4n) is 2.65. The molecule has 1 aromatic carbocycles. The summed E-state index contributed by atoms with van der Waals surface area (Å²) in [5, 5.41) is 9.62. The highest BCUT2D eigenvalue weighted by Gasteiger charge is 2.24. The van der Waals surface area contributed by atoms with Crippen LogP contribution in [0, 0.1) is 0 Å². The van der Waals surface area contributed by atoms with E-state index in [1.54, 1.807) is 6.92 Å². The molecule has 1 heterocycles. The fraction of sp³-hybridized carbons (Fsp3) is 0.600. The van der Waals surface area contributed by atoms with E-state index in [0.29, 0.717) is 6.04 Å². The summed E-state index contributed by atoms with van der Waals surface area (Å²) >= 11 is 3.64. The maximum atomic E-state index is 9.62. The van der Waals surface area contributed by atoms with E-state index in [0.717, 1.165) is 29.7 Å². The molecule has 0 aromatic heterocycles. The zero-order valence-electron chi connectivity index (χ0n) is 11.9. The van der Waals surface area contributed by atoms with Crippen LogP contribution in [-0.2, 0) is 0 Å². The number of aliphatic hydroxyl groups excluding tert-OH is 1. The Bertz CT molecular complexity index is 436. The number of likely N-dealkylation sites (N-methyl/N-ethyl adjacent to an activating group) is 1. The molecule has 4 heteroatoms. The van der Waals surface area contributed by atoms with E-state index in [4.69, 9.17) is 0 Å². The molecule has 0 spiro atoms. The maximum absolute atomic E-state index is 9.62. The molecule has 0 bridgehead atoms. The topological polar surface area (TPSA) is 26.7 Å². The molecule has 19 heavy (non-hydrogen) atoms. The first-order valence-electron chi connectivity index (χ1n) is 6.95. The molecule has 2 rings (SSSR count). The number of aliphatic hydroxyl groups is 1. The molecule has 2 atom stereocenters. The van der Waals surface area contributed by atoms with Gasteiger partial charge in [-0.3, -0.25) is 4.90 Å². The van der Waals surface area contributed by atoms with Crippen molar-refractivity contribution in [3.63, 3.8) is 0 Å². The first kappa shape index (κ1) is 14.8. The molecule has 1 unspecified atom stereocenters. The number of benzene rings is 1. The lowest BCUT2D eigenvalue weighted by Gasteiger charge is -2.40. The quantitative estimate of drug-likeness (QED) is 0.924. The maximum Gasteiger partial charge on any atom is 0.0762 e. The van der Waals surface area contributed by atoms with Crippen LogP contribution in [0.15, 0.2) is 22.7 Å². The minimum atomic E-state index is -0.416. The van der Waals surface area contributed by atoms with Gasteiger partial charge in [-0.1, -0.05) is 13.0 Å². The number of nitrogens with zero attached hydrogens (tertiary/aromatic N) is 2. The van der Waals surface area contributed by atoms with Crippen LogP contribution in [0.2, 0.25) is 0 Å². The van der Waals surface area contributed by atoms with Gasteiger partial charge in [0.25, 0.3) is 0 Å². The van der Waals surface area contributed by atoms with Crippen molar-refractivity contribution in [3.8, 4) is 0 Å². The van der Waals surface area contributed by atoms with Crippen molar-refractivity contribution in [3.05, 3.63) is 28.2 Å². The van der Waals surface area contributed by atoms with Crippen molar-refractivity contribution in [2.75, 3.05) is 31.6 Å². The number of halogens is 1. The van der Waals surface area contributed by atoms with Gasteiger partial charge >= 0.3 is 0 Å². The normalized spacial score (nSPS) is 22.6. The van der Waals surface area contributed by atoms with Crippen molar-refractivity contribution >= 4 is 21.6 Å². The third-order valence-corrected chi connectivity index (χ3v) is 4.68. The summed E-state index contributed by atoms with van der Waals surface area (Å²) in [4.78, 5) is 4.87. The summed E-state index contributed by atoms with van der Waals surface area (Å²) in [5.41, 5.74) is 2.19. The predicted molar refractivity (Wildman–Crippen MR) is 83.7 cm³/mol. The average molecular weight is 327 g/mol. The summed E-state index contributed by atoms with van der Waals surface area (Å²) in [7, 11) is 2.21. The van der Waals surface area contributed by atoms with E-state index in [9.17, 15) is 5.11 Å². The van der Waals surface area contributed by atoms with Crippen molar-refractivity contribution in [2.45, 2.75) is 32.4 Å². The molecule has 0 radical (unpaired) electrons. The number of piperazine rings is 1. The largest absolute Gasteiger partial charge is 0.389 e. The lowest BCUT2D eigenvalue weighted by molar-refractivity contribution is 0.199. The van der Waals surface area contributed by atoms with Gasteiger partial charge in [-0.2, -0.15) is 0 Å². The van der Waals surface area contributed by atoms with Gasteiger partial charge in [0.2, 0.25) is 0 Å². The highest BCUT2D eigenvalue weighted by molar-refractivity contribution is 9.10. The van der Waals surface area contributed by atoms with Crippen LogP contribution in [0.25, 0.3) is 0 Å². The van der Waals surface area contributed by atoms with E-state index in [-0.39, 0.29) is 0 Å². The lowest BCUT2D eigenvalue weighted by atomic mass is 10.1. The first-order valence-corrected chi connectivity index (χ1v) is 7.75. The van der Waals surface area contributed by atoms with Crippen LogP contribution in [0.3, 0.4) is 0 Å². The Balaban J connectivity index is 2.18. The van der Waals surface area contributed by atoms with E-state index in [2.05, 4.69) is 45.8 Å². The van der Waals surface area contributed by atoms with Gasteiger partial charge in [0.05, 0.1) is 11.8 Å². The molecule has 1 N–H and O–H groups in total. The summed E-state index contributed by atoms with van der Waals surface area (Å²) in [6.45, 7) is 7.27. The van der Waals surface area contributed by atoms with Gasteiger partial charge in [0, 0.05) is 30.1 Å². The van der Waals surface area contributed by atoms with Gasteiger partial charge in [-0.15, -0.1) is 0 Å². The minimum Gasteiger partial charge on any atom is -0.389 e. The Morgan fingerprint density at radius 2 is 2.16 bits per heavy atom. The molecular formula is C15H23BrN2O. The van der Waals surface area contributed by atoms with Gasteiger partial charge in [0.1, 0.15) is 0 Å². The molecular weight excluding hydrogens is 304 g/mol. The smallest absolute Gasteiger partial charge is 0.0762 e. The van der Waals surface area contributed by atoms with E-state index in [1.165, 1.54) is 12.1 Å². The van der Waals surface area contributed by atoms with Crippen LogP contribution in [-0.4, -0.2) is 42.7 Å². The minimum absolute atomic E-state index is 0.416. The first-order chi connectivity index (χ1) is 9.02. The monoisotopic (exact) mass is 326 g/mol. The molecule has 0 saturated carbocycles. The number of anilines is 1. The molecule has 3 nitrogen and oxygen atoms in total. The molecule has 1 saturated heterocycles. The number of hydrogen-bond donors (Lipinski definition) is 1. The third kappa shape index (κ3) is 3.30. The van der Waals surface area contributed by atoms with Crippen LogP contribution in [0.1, 0.15) is 31.9 Å². The average Bonchev–Trinajstić information content (AvgIpc) is 2.39. The summed E-state index contributed by atoms with van der Waals surface area (Å²) in [6, 6.07) is 6.78. The molecule has 1 fully saturated rings. The molecule has 106 valence electrons. The second kappa shape index (κ2) is 6.25. The third-order valence-electron chi connectivity index (χ3n) is 4.04. The Labute approximate surface area is 124 Å². The van der Waals surface area contributed by atoms with E-state index in [1.807, 2.05) is 12.1 Å². The van der Waals surface area contributed by atoms with Gasteiger partial charge in [-0.25, -0.2) is 0 Å².